The minimum atomic E-state index is -4.75. The van der Waals surface area contributed by atoms with E-state index in [0.717, 1.165) is 24.3 Å². The predicted molar refractivity (Wildman–Crippen MR) is 77.0 cm³/mol. The van der Waals surface area contributed by atoms with Gasteiger partial charge in [-0.1, -0.05) is 0 Å². The average Bonchev–Trinajstić information content (AvgIpc) is 2.43. The Morgan fingerprint density at radius 1 is 0.692 bits per heavy atom. The maximum Gasteiger partial charge on any atom is 0.393 e. The van der Waals surface area contributed by atoms with Crippen molar-refractivity contribution in [1.29, 1.82) is 0 Å². The first-order valence-electron chi connectivity index (χ1n) is 6.98. The fraction of sp³-hybridized carbons (Fsp3) is 0.250. The van der Waals surface area contributed by atoms with Crippen molar-refractivity contribution in [3.05, 3.63) is 59.2 Å². The van der Waals surface area contributed by atoms with Crippen molar-refractivity contribution in [2.75, 3.05) is 0 Å². The van der Waals surface area contributed by atoms with Crippen LogP contribution in [0.25, 0.3) is 0 Å². The molecule has 0 atom stereocenters. The van der Waals surface area contributed by atoms with Crippen molar-refractivity contribution in [3.63, 3.8) is 0 Å². The molecule has 0 saturated heterocycles. The van der Waals surface area contributed by atoms with Gasteiger partial charge >= 0.3 is 12.4 Å². The fourth-order valence-corrected chi connectivity index (χ4v) is 3.64. The van der Waals surface area contributed by atoms with Gasteiger partial charge in [-0.2, -0.15) is 26.3 Å². The Hall–Kier alpha value is -1.81. The van der Waals surface area contributed by atoms with E-state index in [1.54, 1.807) is 0 Å². The summed E-state index contributed by atoms with van der Waals surface area (Å²) in [5, 5.41) is 0. The van der Waals surface area contributed by atoms with Gasteiger partial charge in [0.15, 0.2) is 9.79 Å². The number of hydrogen-bond acceptors (Lipinski definition) is 1. The summed E-state index contributed by atoms with van der Waals surface area (Å²) in [6.07, 6.45) is -12.7. The van der Waals surface area contributed by atoms with Crippen molar-refractivity contribution in [1.82, 2.24) is 0 Å². The van der Waals surface area contributed by atoms with Gasteiger partial charge in [-0.15, -0.1) is 0 Å². The molecule has 2 aromatic carbocycles. The smallest absolute Gasteiger partial charge is 0.393 e. The zero-order valence-corrected chi connectivity index (χ0v) is 13.5. The first-order chi connectivity index (χ1) is 11.9. The number of alkyl halides is 6. The Kier molecular flexibility index (Phi) is 5.86. The van der Waals surface area contributed by atoms with Crippen LogP contribution < -0.4 is 0 Å². The van der Waals surface area contributed by atoms with Gasteiger partial charge in [0.05, 0.1) is 12.8 Å². The van der Waals surface area contributed by atoms with Crippen LogP contribution in [-0.2, 0) is 24.0 Å². The molecule has 0 fully saturated rings. The molecule has 0 amide bonds. The molecule has 0 aliphatic rings. The van der Waals surface area contributed by atoms with Gasteiger partial charge in [0.25, 0.3) is 0 Å². The molecule has 0 radical (unpaired) electrons. The summed E-state index contributed by atoms with van der Waals surface area (Å²) in [5.74, 6) is -2.03. The minimum absolute atomic E-state index is 0.487. The van der Waals surface area contributed by atoms with Crippen LogP contribution in [0.4, 0.5) is 35.1 Å². The van der Waals surface area contributed by atoms with Crippen molar-refractivity contribution in [2.24, 2.45) is 0 Å². The zero-order valence-electron chi connectivity index (χ0n) is 12.7. The summed E-state index contributed by atoms with van der Waals surface area (Å²) in [7, 11) is 0. The highest BCUT2D eigenvalue weighted by atomic mass is 32.2. The topological polar surface area (TPSA) is 23.1 Å². The van der Waals surface area contributed by atoms with Crippen LogP contribution in [0, 0.1) is 11.6 Å². The number of rotatable bonds is 4. The van der Waals surface area contributed by atoms with Crippen molar-refractivity contribution in [3.8, 4) is 0 Å². The van der Waals surface area contributed by atoms with E-state index in [9.17, 15) is 39.7 Å². The lowest BCUT2D eigenvalue weighted by atomic mass is 10.1. The van der Waals surface area contributed by atoms with E-state index in [4.69, 9.17) is 0 Å². The summed E-state index contributed by atoms with van der Waals surface area (Å²) in [6.45, 7) is 0. The molecule has 0 saturated carbocycles. The van der Waals surface area contributed by atoms with Crippen molar-refractivity contribution >= 4 is 11.2 Å². The highest BCUT2D eigenvalue weighted by Crippen LogP contribution is 2.33. The molecule has 0 bridgehead atoms. The Morgan fingerprint density at radius 2 is 1.04 bits per heavy atom. The molecule has 2 rings (SSSR count). The van der Waals surface area contributed by atoms with E-state index < -0.39 is 68.9 Å². The van der Waals surface area contributed by atoms with E-state index in [2.05, 4.69) is 0 Å². The van der Waals surface area contributed by atoms with Gasteiger partial charge in [0.2, 0.25) is 0 Å². The lowest BCUT2D eigenvalue weighted by molar-refractivity contribution is -0.128. The highest BCUT2D eigenvalue weighted by molar-refractivity contribution is 7.91. The molecule has 0 unspecified atom stereocenters. The molecule has 142 valence electrons. The molecule has 0 N–H and O–H groups in total. The molecule has 1 nitrogen and oxygen atoms in total. The predicted octanol–water partition coefficient (Wildman–Crippen LogP) is 5.34. The summed E-state index contributed by atoms with van der Waals surface area (Å²) in [6, 6.07) is 4.17. The molecular formula is C16H10F8OS. The van der Waals surface area contributed by atoms with Gasteiger partial charge in [-0.05, 0) is 36.4 Å². The molecule has 10 heteroatoms. The van der Waals surface area contributed by atoms with E-state index in [1.807, 2.05) is 0 Å². The van der Waals surface area contributed by atoms with Crippen LogP contribution in [0.1, 0.15) is 11.1 Å². The second-order valence-corrected chi connectivity index (χ2v) is 6.77. The van der Waals surface area contributed by atoms with Crippen LogP contribution >= 0.6 is 0 Å². The Morgan fingerprint density at radius 3 is 1.35 bits per heavy atom. The van der Waals surface area contributed by atoms with Crippen LogP contribution in [-0.4, -0.2) is 16.9 Å². The molecule has 0 aliphatic carbocycles. The van der Waals surface area contributed by atoms with Gasteiger partial charge in [-0.25, -0.2) is 8.78 Å². The average molecular weight is 402 g/mol. The molecule has 26 heavy (non-hydrogen) atoms. The Labute approximate surface area is 145 Å². The molecule has 0 heterocycles. The normalized spacial score (nSPS) is 12.7. The number of benzene rings is 2. The highest BCUT2D eigenvalue weighted by Gasteiger charge is 2.35. The first-order valence-corrected chi connectivity index (χ1v) is 8.13. The summed E-state index contributed by atoms with van der Waals surface area (Å²) >= 11 is -2.49. The third kappa shape index (κ3) is 5.60. The lowest BCUT2D eigenvalue weighted by Gasteiger charge is -2.18. The molecule has 0 aliphatic heterocycles. The van der Waals surface area contributed by atoms with Crippen LogP contribution in [0.15, 0.2) is 46.2 Å². The molecule has 2 aromatic rings. The van der Waals surface area contributed by atoms with Gasteiger partial charge in [0.1, 0.15) is 11.6 Å². The zero-order chi connectivity index (χ0) is 19.7. The SMILES string of the molecule is [O-][S+](c1ccc(F)cc1CC(F)(F)F)c1ccc(F)cc1CC(F)(F)F. The number of hydrogen-bond donors (Lipinski definition) is 0. The second kappa shape index (κ2) is 7.43. The van der Waals surface area contributed by atoms with E-state index in [0.29, 0.717) is 12.1 Å². The van der Waals surface area contributed by atoms with Gasteiger partial charge in [-0.3, -0.25) is 0 Å². The Balaban J connectivity index is 2.51. The van der Waals surface area contributed by atoms with Crippen LogP contribution in [0.3, 0.4) is 0 Å². The lowest BCUT2D eigenvalue weighted by Crippen LogP contribution is -2.18. The largest absolute Gasteiger partial charge is 0.606 e. The van der Waals surface area contributed by atoms with Crippen LogP contribution in [0.2, 0.25) is 0 Å². The minimum Gasteiger partial charge on any atom is -0.606 e. The second-order valence-electron chi connectivity index (χ2n) is 5.36. The summed E-state index contributed by atoms with van der Waals surface area (Å²) in [4.78, 5) is -0.975. The third-order valence-corrected chi connectivity index (χ3v) is 4.82. The third-order valence-electron chi connectivity index (χ3n) is 3.23. The molecule has 0 aromatic heterocycles. The quantitative estimate of drug-likeness (QED) is 0.500. The molecule has 0 spiro atoms. The maximum atomic E-state index is 13.3. The maximum absolute atomic E-state index is 13.3. The van der Waals surface area contributed by atoms with Crippen LogP contribution in [0.5, 0.6) is 0 Å². The number of halogens is 8. The Bertz CT molecular complexity index is 719. The summed E-state index contributed by atoms with van der Waals surface area (Å²) in [5.41, 5.74) is -1.34. The summed E-state index contributed by atoms with van der Waals surface area (Å²) < 4.78 is 115. The monoisotopic (exact) mass is 402 g/mol. The van der Waals surface area contributed by atoms with E-state index in [-0.39, 0.29) is 0 Å². The van der Waals surface area contributed by atoms with E-state index >= 15 is 0 Å². The molecular weight excluding hydrogens is 392 g/mol. The first kappa shape index (κ1) is 20.5. The van der Waals surface area contributed by atoms with Crippen molar-refractivity contribution in [2.45, 2.75) is 35.0 Å². The van der Waals surface area contributed by atoms with Gasteiger partial charge in [0, 0.05) is 22.3 Å². The standard InChI is InChI=1S/C16H10F8OS/c17-11-1-3-13(9(5-11)7-15(19,20)21)26(25)14-4-2-12(18)6-10(14)8-16(22,23)24/h1-6H,7-8H2. The van der Waals surface area contributed by atoms with E-state index in [1.165, 1.54) is 0 Å². The van der Waals surface area contributed by atoms with Gasteiger partial charge < -0.3 is 4.55 Å². The van der Waals surface area contributed by atoms with Crippen molar-refractivity contribution < 1.29 is 39.7 Å². The fourth-order valence-electron chi connectivity index (χ4n) is 2.28.